The number of phenols is 1. The molecule has 0 heterocycles. The van der Waals surface area contributed by atoms with Crippen molar-refractivity contribution >= 4 is 5.97 Å². The molecule has 2 N–H and O–H groups in total. The SMILES string of the molecule is CN(Cc1cccc(O)c1)C1(CC(=O)O)CCCCC1. The van der Waals surface area contributed by atoms with Gasteiger partial charge in [-0.25, -0.2) is 0 Å². The van der Waals surface area contributed by atoms with Crippen molar-refractivity contribution in [3.8, 4) is 5.75 Å². The van der Waals surface area contributed by atoms with Gasteiger partial charge in [0.1, 0.15) is 5.75 Å². The molecule has 0 bridgehead atoms. The van der Waals surface area contributed by atoms with Crippen molar-refractivity contribution in [2.24, 2.45) is 0 Å². The molecule has 4 nitrogen and oxygen atoms in total. The van der Waals surface area contributed by atoms with Gasteiger partial charge in [-0.15, -0.1) is 0 Å². The van der Waals surface area contributed by atoms with Crippen molar-refractivity contribution in [3.63, 3.8) is 0 Å². The van der Waals surface area contributed by atoms with Gasteiger partial charge in [0.15, 0.2) is 0 Å². The van der Waals surface area contributed by atoms with E-state index in [1.807, 2.05) is 19.2 Å². The highest BCUT2D eigenvalue weighted by Gasteiger charge is 2.37. The smallest absolute Gasteiger partial charge is 0.305 e. The zero-order chi connectivity index (χ0) is 14.6. The minimum atomic E-state index is -0.727. The molecule has 4 heteroatoms. The predicted octanol–water partition coefficient (Wildman–Crippen LogP) is 3.00. The van der Waals surface area contributed by atoms with Gasteiger partial charge in [-0.2, -0.15) is 0 Å². The number of rotatable bonds is 5. The number of hydrogen-bond donors (Lipinski definition) is 2. The van der Waals surface area contributed by atoms with Crippen LogP contribution < -0.4 is 0 Å². The van der Waals surface area contributed by atoms with E-state index in [1.165, 1.54) is 6.42 Å². The quantitative estimate of drug-likeness (QED) is 0.868. The molecule has 0 atom stereocenters. The Hall–Kier alpha value is -1.55. The second kappa shape index (κ2) is 6.27. The molecule has 0 saturated heterocycles. The number of aliphatic carboxylic acids is 1. The second-order valence-corrected chi connectivity index (χ2v) is 5.88. The topological polar surface area (TPSA) is 60.8 Å². The van der Waals surface area contributed by atoms with Gasteiger partial charge in [-0.3, -0.25) is 9.69 Å². The fourth-order valence-corrected chi connectivity index (χ4v) is 3.28. The molecule has 0 unspecified atom stereocenters. The molecule has 1 aromatic carbocycles. The Morgan fingerprint density at radius 2 is 2.00 bits per heavy atom. The number of phenolic OH excluding ortho intramolecular Hbond substituents is 1. The Bertz CT molecular complexity index is 467. The van der Waals surface area contributed by atoms with Gasteiger partial charge < -0.3 is 10.2 Å². The van der Waals surface area contributed by atoms with E-state index in [4.69, 9.17) is 0 Å². The lowest BCUT2D eigenvalue weighted by Gasteiger charge is -2.44. The highest BCUT2D eigenvalue weighted by Crippen LogP contribution is 2.36. The number of nitrogens with zero attached hydrogens (tertiary/aromatic N) is 1. The molecule has 110 valence electrons. The third-order valence-corrected chi connectivity index (χ3v) is 4.40. The third-order valence-electron chi connectivity index (χ3n) is 4.40. The van der Waals surface area contributed by atoms with E-state index >= 15 is 0 Å². The van der Waals surface area contributed by atoms with E-state index < -0.39 is 5.97 Å². The third kappa shape index (κ3) is 3.51. The average Bonchev–Trinajstić information content (AvgIpc) is 2.39. The normalized spacial score (nSPS) is 18.1. The molecule has 20 heavy (non-hydrogen) atoms. The summed E-state index contributed by atoms with van der Waals surface area (Å²) in [6, 6.07) is 7.18. The fraction of sp³-hybridized carbons (Fsp3) is 0.562. The summed E-state index contributed by atoms with van der Waals surface area (Å²) in [5.74, 6) is -0.471. The van der Waals surface area contributed by atoms with Crippen molar-refractivity contribution in [2.45, 2.75) is 50.6 Å². The molecule has 1 aliphatic carbocycles. The number of carboxylic acid groups (broad SMARTS) is 1. The number of hydrogen-bond acceptors (Lipinski definition) is 3. The minimum absolute atomic E-state index is 0.197. The van der Waals surface area contributed by atoms with Crippen molar-refractivity contribution < 1.29 is 15.0 Å². The number of carboxylic acids is 1. The van der Waals surface area contributed by atoms with Crippen LogP contribution in [0.2, 0.25) is 0 Å². The Kier molecular flexibility index (Phi) is 4.65. The minimum Gasteiger partial charge on any atom is -0.508 e. The van der Waals surface area contributed by atoms with Crippen LogP contribution in [0.15, 0.2) is 24.3 Å². The molecule has 1 saturated carbocycles. The maximum atomic E-state index is 11.2. The molecular formula is C16H23NO3. The molecule has 1 fully saturated rings. The summed E-state index contributed by atoms with van der Waals surface area (Å²) in [5.41, 5.74) is 0.776. The molecule has 0 spiro atoms. The van der Waals surface area contributed by atoms with Crippen LogP contribution in [0, 0.1) is 0 Å². The van der Waals surface area contributed by atoms with E-state index in [0.29, 0.717) is 6.54 Å². The molecule has 0 radical (unpaired) electrons. The lowest BCUT2D eigenvalue weighted by atomic mass is 9.78. The van der Waals surface area contributed by atoms with Crippen molar-refractivity contribution in [1.29, 1.82) is 0 Å². The summed E-state index contributed by atoms with van der Waals surface area (Å²) in [6.45, 7) is 0.668. The molecule has 0 aliphatic heterocycles. The summed E-state index contributed by atoms with van der Waals surface area (Å²) < 4.78 is 0. The van der Waals surface area contributed by atoms with Gasteiger partial charge in [0.05, 0.1) is 6.42 Å². The van der Waals surface area contributed by atoms with E-state index in [0.717, 1.165) is 31.2 Å². The fourth-order valence-electron chi connectivity index (χ4n) is 3.28. The Morgan fingerprint density at radius 3 is 2.60 bits per heavy atom. The summed E-state index contributed by atoms with van der Waals surface area (Å²) in [4.78, 5) is 13.4. The van der Waals surface area contributed by atoms with Crippen LogP contribution in [-0.4, -0.2) is 33.7 Å². The maximum absolute atomic E-state index is 11.2. The molecule has 0 amide bonds. The van der Waals surface area contributed by atoms with Gasteiger partial charge in [-0.05, 0) is 37.6 Å². The first kappa shape index (κ1) is 14.9. The van der Waals surface area contributed by atoms with Crippen LogP contribution >= 0.6 is 0 Å². The van der Waals surface area contributed by atoms with E-state index in [9.17, 15) is 15.0 Å². The standard InChI is InChI=1S/C16H23NO3/c1-17(12-13-6-5-7-14(18)10-13)16(11-15(19)20)8-3-2-4-9-16/h5-7,10,18H,2-4,8-9,11-12H2,1H3,(H,19,20). The molecule has 0 aromatic heterocycles. The molecular weight excluding hydrogens is 254 g/mol. The molecule has 1 aliphatic rings. The van der Waals surface area contributed by atoms with Gasteiger partial charge in [-0.1, -0.05) is 31.4 Å². The van der Waals surface area contributed by atoms with Gasteiger partial charge in [0, 0.05) is 12.1 Å². The summed E-state index contributed by atoms with van der Waals surface area (Å²) >= 11 is 0. The van der Waals surface area contributed by atoms with Crippen molar-refractivity contribution in [1.82, 2.24) is 4.90 Å². The summed E-state index contributed by atoms with van der Waals surface area (Å²) in [7, 11) is 2.00. The highest BCUT2D eigenvalue weighted by atomic mass is 16.4. The zero-order valence-corrected chi connectivity index (χ0v) is 12.0. The van der Waals surface area contributed by atoms with Gasteiger partial charge >= 0.3 is 5.97 Å². The maximum Gasteiger partial charge on any atom is 0.305 e. The lowest BCUT2D eigenvalue weighted by molar-refractivity contribution is -0.141. The summed E-state index contributed by atoms with van der Waals surface area (Å²) in [6.07, 6.45) is 5.46. The van der Waals surface area contributed by atoms with Crippen molar-refractivity contribution in [2.75, 3.05) is 7.05 Å². The lowest BCUT2D eigenvalue weighted by Crippen LogP contribution is -2.49. The molecule has 2 rings (SSSR count). The first-order valence-electron chi connectivity index (χ1n) is 7.23. The average molecular weight is 277 g/mol. The highest BCUT2D eigenvalue weighted by molar-refractivity contribution is 5.68. The van der Waals surface area contributed by atoms with Crippen LogP contribution in [0.5, 0.6) is 5.75 Å². The number of benzene rings is 1. The zero-order valence-electron chi connectivity index (χ0n) is 12.0. The van der Waals surface area contributed by atoms with Gasteiger partial charge in [0.25, 0.3) is 0 Å². The van der Waals surface area contributed by atoms with E-state index in [2.05, 4.69) is 4.90 Å². The van der Waals surface area contributed by atoms with Crippen LogP contribution in [0.4, 0.5) is 0 Å². The second-order valence-electron chi connectivity index (χ2n) is 5.88. The summed E-state index contributed by atoms with van der Waals surface area (Å²) in [5, 5.41) is 18.8. The van der Waals surface area contributed by atoms with Crippen LogP contribution in [0.25, 0.3) is 0 Å². The van der Waals surface area contributed by atoms with E-state index in [-0.39, 0.29) is 17.7 Å². The monoisotopic (exact) mass is 277 g/mol. The Labute approximate surface area is 120 Å². The largest absolute Gasteiger partial charge is 0.508 e. The van der Waals surface area contributed by atoms with Crippen molar-refractivity contribution in [3.05, 3.63) is 29.8 Å². The van der Waals surface area contributed by atoms with Gasteiger partial charge in [0.2, 0.25) is 0 Å². The number of aromatic hydroxyl groups is 1. The van der Waals surface area contributed by atoms with Crippen LogP contribution in [0.1, 0.15) is 44.1 Å². The predicted molar refractivity (Wildman–Crippen MR) is 77.6 cm³/mol. The first-order chi connectivity index (χ1) is 9.52. The molecule has 1 aromatic rings. The first-order valence-corrected chi connectivity index (χ1v) is 7.23. The number of carbonyl (C=O) groups is 1. The van der Waals surface area contributed by atoms with Crippen LogP contribution in [-0.2, 0) is 11.3 Å². The van der Waals surface area contributed by atoms with Crippen LogP contribution in [0.3, 0.4) is 0 Å². The Balaban J connectivity index is 2.13. The van der Waals surface area contributed by atoms with E-state index in [1.54, 1.807) is 12.1 Å². The Morgan fingerprint density at radius 1 is 1.30 bits per heavy atom.